The number of nitrogens with zero attached hydrogens (tertiary/aromatic N) is 1. The molecular weight excluding hydrogens is 263 g/mol. The summed E-state index contributed by atoms with van der Waals surface area (Å²) in [4.78, 5) is 0. The van der Waals surface area contributed by atoms with Crippen LogP contribution in [0.25, 0.3) is 0 Å². The summed E-state index contributed by atoms with van der Waals surface area (Å²) >= 11 is 4.85. The summed E-state index contributed by atoms with van der Waals surface area (Å²) in [7, 11) is -5.62. The molecule has 0 fully saturated rings. The molecule has 0 aliphatic rings. The Hall–Kier alpha value is -0.610. The number of rotatable bonds is 1. The second kappa shape index (κ2) is 3.21. The quantitative estimate of drug-likeness (QED) is 0.785. The van der Waals surface area contributed by atoms with Crippen LogP contribution in [0.15, 0.2) is 5.38 Å². The first-order valence-corrected chi connectivity index (χ1v) is 5.62. The Morgan fingerprint density at radius 2 is 2.00 bits per heavy atom. The molecule has 0 aliphatic carbocycles. The van der Waals surface area contributed by atoms with Crippen LogP contribution in [0.5, 0.6) is 5.88 Å². The van der Waals surface area contributed by atoms with Gasteiger partial charge in [0.15, 0.2) is 3.95 Å². The van der Waals surface area contributed by atoms with E-state index in [0.717, 1.165) is 5.38 Å². The van der Waals surface area contributed by atoms with Gasteiger partial charge in [-0.15, -0.1) is 11.3 Å². The van der Waals surface area contributed by atoms with E-state index in [1.54, 1.807) is 0 Å². The van der Waals surface area contributed by atoms with Crippen LogP contribution in [-0.2, 0) is 10.0 Å². The molecule has 1 N–H and O–H groups in total. The standard InChI is InChI=1S/C4H2F3NO3S3/c5-4(6,7)14(10,11)8-2(9)1-13-3(8)12/h1,9H. The lowest BCUT2D eigenvalue weighted by molar-refractivity contribution is -0.0448. The van der Waals surface area contributed by atoms with Gasteiger partial charge in [0.05, 0.1) is 5.38 Å². The van der Waals surface area contributed by atoms with Gasteiger partial charge >= 0.3 is 15.5 Å². The van der Waals surface area contributed by atoms with Gasteiger partial charge in [-0.1, -0.05) is 0 Å². The Morgan fingerprint density at radius 3 is 2.29 bits per heavy atom. The van der Waals surface area contributed by atoms with Crippen LogP contribution in [0, 0.1) is 3.95 Å². The second-order valence-electron chi connectivity index (χ2n) is 2.07. The van der Waals surface area contributed by atoms with Gasteiger partial charge in [0.1, 0.15) is 0 Å². The molecule has 80 valence electrons. The van der Waals surface area contributed by atoms with Crippen molar-refractivity contribution in [2.45, 2.75) is 5.51 Å². The van der Waals surface area contributed by atoms with E-state index in [2.05, 4.69) is 12.2 Å². The number of aromatic hydroxyl groups is 1. The fraction of sp³-hybridized carbons (Fsp3) is 0.250. The van der Waals surface area contributed by atoms with Crippen LogP contribution in [0.1, 0.15) is 0 Å². The highest BCUT2D eigenvalue weighted by Gasteiger charge is 2.48. The van der Waals surface area contributed by atoms with Crippen molar-refractivity contribution < 1.29 is 26.7 Å². The molecule has 0 aliphatic heterocycles. The maximum atomic E-state index is 12.0. The first-order valence-electron chi connectivity index (χ1n) is 2.89. The Labute approximate surface area is 85.3 Å². The third-order valence-corrected chi connectivity index (χ3v) is 4.02. The summed E-state index contributed by atoms with van der Waals surface area (Å²) in [5.74, 6) is -1.04. The molecule has 0 atom stereocenters. The highest BCUT2D eigenvalue weighted by Crippen LogP contribution is 2.30. The lowest BCUT2D eigenvalue weighted by Gasteiger charge is -2.08. The maximum absolute atomic E-state index is 12.0. The zero-order valence-electron chi connectivity index (χ0n) is 6.15. The number of alkyl halides is 3. The van der Waals surface area contributed by atoms with Gasteiger partial charge < -0.3 is 5.11 Å². The lowest BCUT2D eigenvalue weighted by atomic mass is 10.9. The Bertz CT molecular complexity index is 496. The topological polar surface area (TPSA) is 59.3 Å². The van der Waals surface area contributed by atoms with Crippen LogP contribution in [0.2, 0.25) is 0 Å². The van der Waals surface area contributed by atoms with Gasteiger partial charge in [-0.2, -0.15) is 25.6 Å². The molecule has 0 spiro atoms. The van der Waals surface area contributed by atoms with Gasteiger partial charge in [0, 0.05) is 0 Å². The molecule has 14 heavy (non-hydrogen) atoms. The van der Waals surface area contributed by atoms with Gasteiger partial charge in [-0.05, 0) is 12.2 Å². The van der Waals surface area contributed by atoms with Crippen molar-refractivity contribution in [3.63, 3.8) is 0 Å². The van der Waals surface area contributed by atoms with Crippen LogP contribution >= 0.6 is 23.6 Å². The minimum Gasteiger partial charge on any atom is -0.493 e. The van der Waals surface area contributed by atoms with E-state index in [4.69, 9.17) is 5.11 Å². The molecule has 0 radical (unpaired) electrons. The number of thiazole rings is 1. The third kappa shape index (κ3) is 1.64. The van der Waals surface area contributed by atoms with Crippen molar-refractivity contribution in [3.05, 3.63) is 9.33 Å². The highest BCUT2D eigenvalue weighted by molar-refractivity contribution is 7.91. The molecule has 4 nitrogen and oxygen atoms in total. The highest BCUT2D eigenvalue weighted by atomic mass is 32.2. The van der Waals surface area contributed by atoms with Crippen LogP contribution < -0.4 is 0 Å². The van der Waals surface area contributed by atoms with Crippen molar-refractivity contribution in [1.82, 2.24) is 3.97 Å². The molecule has 0 saturated carbocycles. The molecular formula is C4H2F3NO3S3. The van der Waals surface area contributed by atoms with E-state index >= 15 is 0 Å². The zero-order chi connectivity index (χ0) is 11.1. The molecule has 0 saturated heterocycles. The SMILES string of the molecule is O=S(=O)(n1c(O)csc1=S)C(F)(F)F. The minimum atomic E-state index is -5.62. The predicted octanol–water partition coefficient (Wildman–Crippen LogP) is 1.68. The Morgan fingerprint density at radius 1 is 1.50 bits per heavy atom. The largest absolute Gasteiger partial charge is 0.517 e. The van der Waals surface area contributed by atoms with E-state index in [1.807, 2.05) is 0 Å². The fourth-order valence-electron chi connectivity index (χ4n) is 0.617. The van der Waals surface area contributed by atoms with E-state index in [9.17, 15) is 21.6 Å². The monoisotopic (exact) mass is 265 g/mol. The lowest BCUT2D eigenvalue weighted by Crippen LogP contribution is -2.29. The number of halogens is 3. The smallest absolute Gasteiger partial charge is 0.493 e. The van der Waals surface area contributed by atoms with Crippen molar-refractivity contribution >= 4 is 33.6 Å². The van der Waals surface area contributed by atoms with Crippen molar-refractivity contribution in [1.29, 1.82) is 0 Å². The molecule has 0 bridgehead atoms. The fourth-order valence-corrected chi connectivity index (χ4v) is 2.84. The van der Waals surface area contributed by atoms with Crippen molar-refractivity contribution in [2.24, 2.45) is 0 Å². The first kappa shape index (κ1) is 11.5. The number of hydrogen-bond donors (Lipinski definition) is 1. The molecule has 1 aromatic rings. The van der Waals surface area contributed by atoms with Gasteiger partial charge in [-0.3, -0.25) is 0 Å². The normalized spacial score (nSPS) is 13.1. The average Bonchev–Trinajstić information content (AvgIpc) is 2.28. The predicted molar refractivity (Wildman–Crippen MR) is 45.2 cm³/mol. The van der Waals surface area contributed by atoms with Gasteiger partial charge in [-0.25, -0.2) is 0 Å². The summed E-state index contributed by atoms with van der Waals surface area (Å²) in [6, 6.07) is 0. The molecule has 1 aromatic heterocycles. The average molecular weight is 265 g/mol. The number of hydrogen-bond acceptors (Lipinski definition) is 5. The molecule has 0 aromatic carbocycles. The van der Waals surface area contributed by atoms with Crippen LogP contribution in [0.4, 0.5) is 13.2 Å². The summed E-state index contributed by atoms with van der Waals surface area (Å²) in [5.41, 5.74) is -5.48. The summed E-state index contributed by atoms with van der Waals surface area (Å²) < 4.78 is 56.6. The van der Waals surface area contributed by atoms with E-state index in [-0.39, 0.29) is 3.97 Å². The summed E-state index contributed by atoms with van der Waals surface area (Å²) in [5, 5.41) is 9.67. The Kier molecular flexibility index (Phi) is 2.63. The summed E-state index contributed by atoms with van der Waals surface area (Å²) in [6.45, 7) is 0. The minimum absolute atomic E-state index is 0.326. The van der Waals surface area contributed by atoms with E-state index < -0.39 is 25.4 Å². The Balaban J connectivity index is 3.54. The zero-order valence-corrected chi connectivity index (χ0v) is 8.60. The second-order valence-corrected chi connectivity index (χ2v) is 5.36. The molecule has 1 rings (SSSR count). The maximum Gasteiger partial charge on any atom is 0.517 e. The molecule has 1 heterocycles. The molecule has 0 unspecified atom stereocenters. The molecule has 0 amide bonds. The third-order valence-electron chi connectivity index (χ3n) is 1.17. The van der Waals surface area contributed by atoms with Crippen LogP contribution in [0.3, 0.4) is 0 Å². The van der Waals surface area contributed by atoms with E-state index in [0.29, 0.717) is 11.3 Å². The summed E-state index contributed by atoms with van der Waals surface area (Å²) in [6.07, 6.45) is 0. The van der Waals surface area contributed by atoms with Crippen molar-refractivity contribution in [3.8, 4) is 5.88 Å². The van der Waals surface area contributed by atoms with Crippen LogP contribution in [-0.4, -0.2) is 23.0 Å². The number of aromatic nitrogens is 1. The van der Waals surface area contributed by atoms with Gasteiger partial charge in [0.25, 0.3) is 0 Å². The first-order chi connectivity index (χ1) is 6.18. The van der Waals surface area contributed by atoms with E-state index in [1.165, 1.54) is 0 Å². The van der Waals surface area contributed by atoms with Gasteiger partial charge in [0.2, 0.25) is 5.88 Å². The van der Waals surface area contributed by atoms with Crippen molar-refractivity contribution in [2.75, 3.05) is 0 Å². The molecule has 10 heteroatoms.